The Hall–Kier alpha value is -2.10. The first-order chi connectivity index (χ1) is 9.22. The zero-order valence-corrected chi connectivity index (χ0v) is 11.3. The first-order valence-corrected chi connectivity index (χ1v) is 6.44. The Kier molecular flexibility index (Phi) is 4.34. The SMILES string of the molecule is CCCc1cc(=O)[nH]c(Cc2ccccc2OC)n1. The van der Waals surface area contributed by atoms with Crippen LogP contribution in [0, 0.1) is 0 Å². The molecule has 100 valence electrons. The molecular weight excluding hydrogens is 240 g/mol. The van der Waals surface area contributed by atoms with Crippen LogP contribution >= 0.6 is 0 Å². The molecule has 1 aromatic heterocycles. The number of nitrogens with one attached hydrogen (secondary N) is 1. The van der Waals surface area contributed by atoms with Crippen molar-refractivity contribution in [3.63, 3.8) is 0 Å². The van der Waals surface area contributed by atoms with E-state index in [2.05, 4.69) is 16.9 Å². The van der Waals surface area contributed by atoms with E-state index in [1.807, 2.05) is 24.3 Å². The van der Waals surface area contributed by atoms with Crippen LogP contribution in [0.25, 0.3) is 0 Å². The first kappa shape index (κ1) is 13.3. The van der Waals surface area contributed by atoms with Crippen molar-refractivity contribution in [2.75, 3.05) is 7.11 Å². The zero-order chi connectivity index (χ0) is 13.7. The standard InChI is InChI=1S/C15H18N2O2/c1-3-6-12-10-15(18)17-14(16-12)9-11-7-4-5-8-13(11)19-2/h4-5,7-8,10H,3,6,9H2,1-2H3,(H,16,17,18). The second-order valence-electron chi connectivity index (χ2n) is 4.42. The molecule has 1 heterocycles. The molecule has 0 aliphatic heterocycles. The van der Waals surface area contributed by atoms with Gasteiger partial charge in [-0.2, -0.15) is 0 Å². The fourth-order valence-electron chi connectivity index (χ4n) is 2.06. The summed E-state index contributed by atoms with van der Waals surface area (Å²) in [7, 11) is 1.64. The van der Waals surface area contributed by atoms with Crippen LogP contribution in [-0.4, -0.2) is 17.1 Å². The van der Waals surface area contributed by atoms with E-state index < -0.39 is 0 Å². The minimum absolute atomic E-state index is 0.0941. The molecule has 0 unspecified atom stereocenters. The van der Waals surface area contributed by atoms with Crippen LogP contribution in [0.4, 0.5) is 0 Å². The van der Waals surface area contributed by atoms with E-state index in [4.69, 9.17) is 4.74 Å². The van der Waals surface area contributed by atoms with Gasteiger partial charge in [0, 0.05) is 23.7 Å². The summed E-state index contributed by atoms with van der Waals surface area (Å²) < 4.78 is 5.31. The molecule has 19 heavy (non-hydrogen) atoms. The number of nitrogens with zero attached hydrogens (tertiary/aromatic N) is 1. The lowest BCUT2D eigenvalue weighted by Crippen LogP contribution is -2.13. The minimum Gasteiger partial charge on any atom is -0.496 e. The third kappa shape index (κ3) is 3.44. The van der Waals surface area contributed by atoms with Crippen LogP contribution in [0.1, 0.15) is 30.4 Å². The van der Waals surface area contributed by atoms with E-state index in [0.29, 0.717) is 12.2 Å². The van der Waals surface area contributed by atoms with E-state index in [1.165, 1.54) is 0 Å². The van der Waals surface area contributed by atoms with Gasteiger partial charge in [-0.1, -0.05) is 31.5 Å². The number of H-pyrrole nitrogens is 1. The van der Waals surface area contributed by atoms with Gasteiger partial charge in [0.1, 0.15) is 11.6 Å². The number of hydrogen-bond donors (Lipinski definition) is 1. The van der Waals surface area contributed by atoms with E-state index in [-0.39, 0.29) is 5.56 Å². The molecule has 4 nitrogen and oxygen atoms in total. The van der Waals surface area contributed by atoms with Crippen LogP contribution in [0.2, 0.25) is 0 Å². The van der Waals surface area contributed by atoms with Gasteiger partial charge >= 0.3 is 0 Å². The fraction of sp³-hybridized carbons (Fsp3) is 0.333. The largest absolute Gasteiger partial charge is 0.496 e. The van der Waals surface area contributed by atoms with Gasteiger partial charge in [-0.3, -0.25) is 4.79 Å². The first-order valence-electron chi connectivity index (χ1n) is 6.44. The monoisotopic (exact) mass is 258 g/mol. The molecule has 0 aliphatic rings. The maximum absolute atomic E-state index is 11.6. The van der Waals surface area contributed by atoms with E-state index >= 15 is 0 Å². The Balaban J connectivity index is 2.30. The number of aromatic amines is 1. The Labute approximate surface area is 112 Å². The van der Waals surface area contributed by atoms with Crippen molar-refractivity contribution in [3.05, 3.63) is 57.8 Å². The van der Waals surface area contributed by atoms with Gasteiger partial charge in [0.25, 0.3) is 5.56 Å². The van der Waals surface area contributed by atoms with Crippen molar-refractivity contribution in [2.45, 2.75) is 26.2 Å². The molecule has 0 aliphatic carbocycles. The number of aryl methyl sites for hydroxylation is 1. The minimum atomic E-state index is -0.0941. The summed E-state index contributed by atoms with van der Waals surface area (Å²) in [6, 6.07) is 9.32. The second-order valence-corrected chi connectivity index (χ2v) is 4.42. The number of hydrogen-bond acceptors (Lipinski definition) is 3. The smallest absolute Gasteiger partial charge is 0.251 e. The molecule has 2 aromatic rings. The second kappa shape index (κ2) is 6.18. The quantitative estimate of drug-likeness (QED) is 0.895. The predicted molar refractivity (Wildman–Crippen MR) is 74.7 cm³/mol. The van der Waals surface area contributed by atoms with E-state index in [9.17, 15) is 4.79 Å². The Bertz CT molecular complexity index is 605. The Morgan fingerprint density at radius 1 is 1.32 bits per heavy atom. The number of ether oxygens (including phenoxy) is 1. The lowest BCUT2D eigenvalue weighted by atomic mass is 10.1. The summed E-state index contributed by atoms with van der Waals surface area (Å²) in [6.45, 7) is 2.07. The van der Waals surface area contributed by atoms with Gasteiger partial charge in [0.15, 0.2) is 0 Å². The molecule has 0 radical (unpaired) electrons. The molecular formula is C15H18N2O2. The lowest BCUT2D eigenvalue weighted by molar-refractivity contribution is 0.410. The highest BCUT2D eigenvalue weighted by atomic mass is 16.5. The molecule has 0 atom stereocenters. The van der Waals surface area contributed by atoms with Gasteiger partial charge in [-0.05, 0) is 12.5 Å². The highest BCUT2D eigenvalue weighted by Gasteiger charge is 2.06. The molecule has 0 amide bonds. The van der Waals surface area contributed by atoms with Gasteiger partial charge in [-0.15, -0.1) is 0 Å². The number of methoxy groups -OCH3 is 1. The molecule has 1 N–H and O–H groups in total. The molecule has 2 rings (SSSR count). The Morgan fingerprint density at radius 3 is 2.84 bits per heavy atom. The maximum Gasteiger partial charge on any atom is 0.251 e. The average Bonchev–Trinajstić information content (AvgIpc) is 2.39. The fourth-order valence-corrected chi connectivity index (χ4v) is 2.06. The van der Waals surface area contributed by atoms with Crippen molar-refractivity contribution in [1.29, 1.82) is 0 Å². The topological polar surface area (TPSA) is 55.0 Å². The van der Waals surface area contributed by atoms with Crippen molar-refractivity contribution in [3.8, 4) is 5.75 Å². The number of para-hydroxylation sites is 1. The van der Waals surface area contributed by atoms with Crippen molar-refractivity contribution >= 4 is 0 Å². The molecule has 0 bridgehead atoms. The van der Waals surface area contributed by atoms with Crippen molar-refractivity contribution in [2.24, 2.45) is 0 Å². The highest BCUT2D eigenvalue weighted by molar-refractivity contribution is 5.35. The van der Waals surface area contributed by atoms with Gasteiger partial charge in [-0.25, -0.2) is 4.98 Å². The Morgan fingerprint density at radius 2 is 2.11 bits per heavy atom. The number of benzene rings is 1. The lowest BCUT2D eigenvalue weighted by Gasteiger charge is -2.08. The molecule has 0 spiro atoms. The predicted octanol–water partition coefficient (Wildman–Crippen LogP) is 2.32. The molecule has 0 fully saturated rings. The van der Waals surface area contributed by atoms with Crippen LogP contribution in [0.15, 0.2) is 35.1 Å². The van der Waals surface area contributed by atoms with E-state index in [1.54, 1.807) is 13.2 Å². The van der Waals surface area contributed by atoms with Crippen LogP contribution in [0.3, 0.4) is 0 Å². The summed E-state index contributed by atoms with van der Waals surface area (Å²) in [5.41, 5.74) is 1.77. The van der Waals surface area contributed by atoms with Gasteiger partial charge < -0.3 is 9.72 Å². The summed E-state index contributed by atoms with van der Waals surface area (Å²) in [5.74, 6) is 1.49. The molecule has 0 saturated carbocycles. The number of aromatic nitrogens is 2. The third-order valence-electron chi connectivity index (χ3n) is 2.90. The summed E-state index contributed by atoms with van der Waals surface area (Å²) >= 11 is 0. The van der Waals surface area contributed by atoms with Crippen LogP contribution < -0.4 is 10.3 Å². The van der Waals surface area contributed by atoms with Gasteiger partial charge in [0.2, 0.25) is 0 Å². The average molecular weight is 258 g/mol. The third-order valence-corrected chi connectivity index (χ3v) is 2.90. The van der Waals surface area contributed by atoms with Gasteiger partial charge in [0.05, 0.1) is 7.11 Å². The summed E-state index contributed by atoms with van der Waals surface area (Å²) in [6.07, 6.45) is 2.37. The van der Waals surface area contributed by atoms with Crippen molar-refractivity contribution < 1.29 is 4.74 Å². The van der Waals surface area contributed by atoms with Crippen molar-refractivity contribution in [1.82, 2.24) is 9.97 Å². The van der Waals surface area contributed by atoms with Crippen LogP contribution in [-0.2, 0) is 12.8 Å². The zero-order valence-electron chi connectivity index (χ0n) is 11.3. The number of rotatable bonds is 5. The molecule has 1 aromatic carbocycles. The molecule has 4 heteroatoms. The summed E-state index contributed by atoms with van der Waals surface area (Å²) in [4.78, 5) is 18.9. The highest BCUT2D eigenvalue weighted by Crippen LogP contribution is 2.19. The van der Waals surface area contributed by atoms with Crippen LogP contribution in [0.5, 0.6) is 5.75 Å². The van der Waals surface area contributed by atoms with E-state index in [0.717, 1.165) is 29.8 Å². The maximum atomic E-state index is 11.6. The summed E-state index contributed by atoms with van der Waals surface area (Å²) in [5, 5.41) is 0. The molecule has 0 saturated heterocycles. The normalized spacial score (nSPS) is 10.4.